The van der Waals surface area contributed by atoms with E-state index in [1.54, 1.807) is 19.2 Å². The molecule has 0 amide bonds. The van der Waals surface area contributed by atoms with Crippen molar-refractivity contribution in [2.75, 3.05) is 32.2 Å². The molecule has 0 saturated carbocycles. The van der Waals surface area contributed by atoms with Gasteiger partial charge in [-0.1, -0.05) is 0 Å². The van der Waals surface area contributed by atoms with E-state index < -0.39 is 0 Å². The van der Waals surface area contributed by atoms with Gasteiger partial charge in [-0.3, -0.25) is 0 Å². The number of piperidine rings is 1. The molecule has 0 N–H and O–H groups in total. The third-order valence-electron chi connectivity index (χ3n) is 3.22. The van der Waals surface area contributed by atoms with Gasteiger partial charge < -0.3 is 14.4 Å². The zero-order chi connectivity index (χ0) is 13.0. The summed E-state index contributed by atoms with van der Waals surface area (Å²) in [7, 11) is 3.23. The van der Waals surface area contributed by atoms with Gasteiger partial charge in [-0.05, 0) is 30.2 Å². The summed E-state index contributed by atoms with van der Waals surface area (Å²) in [5, 5.41) is 2.88. The Morgan fingerprint density at radius 1 is 1.33 bits per heavy atom. The van der Waals surface area contributed by atoms with Crippen molar-refractivity contribution in [1.29, 1.82) is 0 Å². The van der Waals surface area contributed by atoms with Crippen LogP contribution in [0.2, 0.25) is 0 Å². The molecule has 1 aromatic heterocycles. The van der Waals surface area contributed by atoms with Gasteiger partial charge in [-0.2, -0.15) is 4.98 Å². The second kappa shape index (κ2) is 5.77. The number of hydrogen-bond donors (Lipinski definition) is 0. The van der Waals surface area contributed by atoms with Crippen molar-refractivity contribution in [2.24, 2.45) is 5.18 Å². The van der Waals surface area contributed by atoms with Crippen molar-refractivity contribution in [3.63, 3.8) is 0 Å². The Morgan fingerprint density at radius 3 is 2.61 bits per heavy atom. The van der Waals surface area contributed by atoms with Crippen molar-refractivity contribution in [1.82, 2.24) is 4.98 Å². The molecule has 0 atom stereocenters. The Kier molecular flexibility index (Phi) is 4.09. The average molecular weight is 251 g/mol. The molecule has 1 saturated heterocycles. The highest BCUT2D eigenvalue weighted by atomic mass is 16.5. The quantitative estimate of drug-likeness (QED) is 0.767. The zero-order valence-corrected chi connectivity index (χ0v) is 10.6. The van der Waals surface area contributed by atoms with Crippen LogP contribution in [0.5, 0.6) is 5.88 Å². The van der Waals surface area contributed by atoms with E-state index in [9.17, 15) is 4.91 Å². The molecular weight excluding hydrogens is 234 g/mol. The van der Waals surface area contributed by atoms with Crippen molar-refractivity contribution < 1.29 is 9.47 Å². The molecule has 0 bridgehead atoms. The van der Waals surface area contributed by atoms with E-state index in [1.165, 1.54) is 7.11 Å². The van der Waals surface area contributed by atoms with Crippen molar-refractivity contribution in [3.05, 3.63) is 17.0 Å². The van der Waals surface area contributed by atoms with Crippen LogP contribution in [0.3, 0.4) is 0 Å². The normalized spacial score (nSPS) is 16.7. The molecular formula is C12H17N3O3. The predicted molar refractivity (Wildman–Crippen MR) is 68.5 cm³/mol. The fourth-order valence-corrected chi connectivity index (χ4v) is 2.14. The van der Waals surface area contributed by atoms with Gasteiger partial charge in [-0.25, -0.2) is 0 Å². The van der Waals surface area contributed by atoms with Crippen LogP contribution in [0.1, 0.15) is 12.8 Å². The van der Waals surface area contributed by atoms with Gasteiger partial charge in [0.1, 0.15) is 5.82 Å². The number of hydrogen-bond acceptors (Lipinski definition) is 6. The number of anilines is 1. The van der Waals surface area contributed by atoms with Gasteiger partial charge in [0.15, 0.2) is 5.69 Å². The first-order valence-electron chi connectivity index (χ1n) is 5.94. The van der Waals surface area contributed by atoms with Gasteiger partial charge in [0.2, 0.25) is 5.88 Å². The fraction of sp³-hybridized carbons (Fsp3) is 0.583. The Balaban J connectivity index is 2.12. The lowest BCUT2D eigenvalue weighted by Gasteiger charge is -2.32. The highest BCUT2D eigenvalue weighted by molar-refractivity contribution is 5.54. The Morgan fingerprint density at radius 2 is 2.06 bits per heavy atom. The molecule has 6 nitrogen and oxygen atoms in total. The first kappa shape index (κ1) is 12.8. The van der Waals surface area contributed by atoms with Gasteiger partial charge >= 0.3 is 0 Å². The van der Waals surface area contributed by atoms with Gasteiger partial charge in [0.05, 0.1) is 13.2 Å². The summed E-state index contributed by atoms with van der Waals surface area (Å²) in [4.78, 5) is 17.0. The molecule has 1 aliphatic heterocycles. The topological polar surface area (TPSA) is 64.0 Å². The van der Waals surface area contributed by atoms with Crippen LogP contribution >= 0.6 is 0 Å². The standard InChI is InChI=1S/C12H17N3O3/c1-17-9-5-7-15(8-6-9)11-4-3-10(14-16)12(13-11)18-2/h3-4,9H,5-8H2,1-2H3. The monoisotopic (exact) mass is 251 g/mol. The van der Waals surface area contributed by atoms with Crippen LogP contribution in [0.25, 0.3) is 0 Å². The molecule has 0 aliphatic carbocycles. The molecule has 2 rings (SSSR count). The number of aromatic nitrogens is 1. The number of ether oxygens (including phenoxy) is 2. The maximum absolute atomic E-state index is 10.6. The molecule has 1 aliphatic rings. The maximum Gasteiger partial charge on any atom is 0.245 e. The van der Waals surface area contributed by atoms with E-state index in [0.29, 0.717) is 6.10 Å². The predicted octanol–water partition coefficient (Wildman–Crippen LogP) is 2.10. The van der Waals surface area contributed by atoms with E-state index in [2.05, 4.69) is 15.1 Å². The third-order valence-corrected chi connectivity index (χ3v) is 3.22. The van der Waals surface area contributed by atoms with Crippen LogP contribution in [0.4, 0.5) is 11.5 Å². The van der Waals surface area contributed by atoms with E-state index in [0.717, 1.165) is 31.7 Å². The minimum Gasteiger partial charge on any atom is -0.479 e. The molecule has 0 unspecified atom stereocenters. The largest absolute Gasteiger partial charge is 0.479 e. The molecule has 18 heavy (non-hydrogen) atoms. The van der Waals surface area contributed by atoms with Crippen molar-refractivity contribution >= 4 is 11.5 Å². The molecule has 2 heterocycles. The molecule has 0 spiro atoms. The summed E-state index contributed by atoms with van der Waals surface area (Å²) in [6.45, 7) is 1.78. The van der Waals surface area contributed by atoms with Crippen LogP contribution in [0, 0.1) is 4.91 Å². The Bertz CT molecular complexity index is 417. The lowest BCUT2D eigenvalue weighted by molar-refractivity contribution is 0.0818. The molecule has 0 aromatic carbocycles. The average Bonchev–Trinajstić information content (AvgIpc) is 2.46. The molecule has 1 fully saturated rings. The van der Waals surface area contributed by atoms with Gasteiger partial charge in [-0.15, -0.1) is 4.91 Å². The number of rotatable bonds is 4. The molecule has 0 radical (unpaired) electrons. The minimum absolute atomic E-state index is 0.230. The summed E-state index contributed by atoms with van der Waals surface area (Å²) in [5.74, 6) is 1.09. The lowest BCUT2D eigenvalue weighted by Crippen LogP contribution is -2.37. The lowest BCUT2D eigenvalue weighted by atomic mass is 10.1. The summed E-state index contributed by atoms with van der Waals surface area (Å²) < 4.78 is 10.4. The minimum atomic E-state index is 0.230. The second-order valence-electron chi connectivity index (χ2n) is 4.21. The van der Waals surface area contributed by atoms with E-state index in [-0.39, 0.29) is 11.6 Å². The summed E-state index contributed by atoms with van der Waals surface area (Å²) in [6.07, 6.45) is 2.29. The SMILES string of the molecule is COc1nc(N2CCC(OC)CC2)ccc1N=O. The van der Waals surface area contributed by atoms with E-state index >= 15 is 0 Å². The first-order valence-corrected chi connectivity index (χ1v) is 5.94. The Hall–Kier alpha value is -1.69. The van der Waals surface area contributed by atoms with Crippen LogP contribution < -0.4 is 9.64 Å². The second-order valence-corrected chi connectivity index (χ2v) is 4.21. The number of pyridine rings is 1. The van der Waals surface area contributed by atoms with Crippen LogP contribution in [0.15, 0.2) is 17.3 Å². The fourth-order valence-electron chi connectivity index (χ4n) is 2.14. The van der Waals surface area contributed by atoms with Gasteiger partial charge in [0, 0.05) is 20.2 Å². The number of nitrogens with zero attached hydrogens (tertiary/aromatic N) is 3. The summed E-state index contributed by atoms with van der Waals surface area (Å²) in [5.41, 5.74) is 0.230. The number of methoxy groups -OCH3 is 2. The third kappa shape index (κ3) is 2.59. The highest BCUT2D eigenvalue weighted by Crippen LogP contribution is 2.29. The summed E-state index contributed by atoms with van der Waals surface area (Å²) >= 11 is 0. The maximum atomic E-state index is 10.6. The van der Waals surface area contributed by atoms with Crippen molar-refractivity contribution in [3.8, 4) is 5.88 Å². The smallest absolute Gasteiger partial charge is 0.245 e. The number of nitroso groups, excluding NO2 is 1. The molecule has 1 aromatic rings. The molecule has 98 valence electrons. The molecule has 6 heteroatoms. The van der Waals surface area contributed by atoms with E-state index in [4.69, 9.17) is 9.47 Å². The van der Waals surface area contributed by atoms with Crippen molar-refractivity contribution in [2.45, 2.75) is 18.9 Å². The summed E-state index contributed by atoms with van der Waals surface area (Å²) in [6, 6.07) is 3.43. The highest BCUT2D eigenvalue weighted by Gasteiger charge is 2.20. The van der Waals surface area contributed by atoms with Gasteiger partial charge in [0.25, 0.3) is 0 Å². The first-order chi connectivity index (χ1) is 8.78. The Labute approximate surface area is 106 Å². The van der Waals surface area contributed by atoms with Crippen LogP contribution in [-0.4, -0.2) is 38.4 Å². The van der Waals surface area contributed by atoms with Crippen LogP contribution in [-0.2, 0) is 4.74 Å². The van der Waals surface area contributed by atoms with E-state index in [1.807, 2.05) is 0 Å². The zero-order valence-electron chi connectivity index (χ0n) is 10.6.